The molecule has 9 nitrogen and oxygen atoms in total. The van der Waals surface area contributed by atoms with Crippen molar-refractivity contribution < 1.29 is 14.3 Å². The van der Waals surface area contributed by atoms with Gasteiger partial charge >= 0.3 is 5.97 Å². The SMILES string of the molecule is CN.NN/N=C(\N)CCC1CCC2CNC(C(=O)OCC=O)CC2C1. The van der Waals surface area contributed by atoms with Crippen molar-refractivity contribution in [1.29, 1.82) is 0 Å². The van der Waals surface area contributed by atoms with Gasteiger partial charge in [-0.1, -0.05) is 6.42 Å². The van der Waals surface area contributed by atoms with E-state index in [9.17, 15) is 9.59 Å². The maximum Gasteiger partial charge on any atom is 0.323 e. The molecule has 144 valence electrons. The Morgan fingerprint density at radius 1 is 1.32 bits per heavy atom. The topological polar surface area (TPSA) is 158 Å². The molecule has 2 rings (SSSR count). The highest BCUT2D eigenvalue weighted by Crippen LogP contribution is 2.40. The van der Waals surface area contributed by atoms with Crippen LogP contribution in [0.1, 0.15) is 38.5 Å². The minimum Gasteiger partial charge on any atom is -0.457 e. The van der Waals surface area contributed by atoms with Crippen molar-refractivity contribution in [3.05, 3.63) is 0 Å². The quantitative estimate of drug-likeness (QED) is 0.0991. The third kappa shape index (κ3) is 6.97. The molecule has 0 spiro atoms. The van der Waals surface area contributed by atoms with Gasteiger partial charge in [0, 0.05) is 6.42 Å². The molecule has 0 amide bonds. The fourth-order valence-corrected chi connectivity index (χ4v) is 3.81. The number of aldehydes is 1. The van der Waals surface area contributed by atoms with Gasteiger partial charge in [-0.2, -0.15) is 5.10 Å². The summed E-state index contributed by atoms with van der Waals surface area (Å²) in [7, 11) is 1.50. The summed E-state index contributed by atoms with van der Waals surface area (Å²) in [6, 6.07) is -0.289. The Balaban J connectivity index is 0.00000151. The molecule has 9 heteroatoms. The maximum atomic E-state index is 11.9. The smallest absolute Gasteiger partial charge is 0.323 e. The molecule has 1 saturated heterocycles. The molecule has 1 aliphatic heterocycles. The number of amidine groups is 1. The first-order valence-electron chi connectivity index (χ1n) is 8.83. The number of esters is 1. The Kier molecular flexibility index (Phi) is 10.0. The highest BCUT2D eigenvalue weighted by atomic mass is 16.5. The number of ether oxygens (including phenoxy) is 1. The first kappa shape index (κ1) is 21.3. The van der Waals surface area contributed by atoms with Gasteiger partial charge in [0.15, 0.2) is 6.29 Å². The van der Waals surface area contributed by atoms with E-state index in [1.807, 2.05) is 0 Å². The van der Waals surface area contributed by atoms with E-state index in [2.05, 4.69) is 21.7 Å². The van der Waals surface area contributed by atoms with Crippen LogP contribution >= 0.6 is 0 Å². The molecule has 0 bridgehead atoms. The van der Waals surface area contributed by atoms with Crippen LogP contribution in [0.25, 0.3) is 0 Å². The predicted octanol–water partition coefficient (Wildman–Crippen LogP) is -0.786. The Labute approximate surface area is 149 Å². The van der Waals surface area contributed by atoms with Gasteiger partial charge in [0.2, 0.25) is 0 Å². The number of hydrogen-bond donors (Lipinski definition) is 5. The zero-order valence-electron chi connectivity index (χ0n) is 14.9. The van der Waals surface area contributed by atoms with Gasteiger partial charge in [-0.05, 0) is 57.0 Å². The molecule has 2 aliphatic rings. The minimum atomic E-state index is -0.317. The number of nitrogens with one attached hydrogen (secondary N) is 2. The van der Waals surface area contributed by atoms with Crippen LogP contribution in [0.15, 0.2) is 5.10 Å². The largest absolute Gasteiger partial charge is 0.457 e. The van der Waals surface area contributed by atoms with Crippen LogP contribution in [0.2, 0.25) is 0 Å². The second-order valence-electron chi connectivity index (χ2n) is 6.46. The minimum absolute atomic E-state index is 0.165. The number of nitrogens with two attached hydrogens (primary N) is 3. The molecule has 1 aliphatic carbocycles. The van der Waals surface area contributed by atoms with Gasteiger partial charge < -0.3 is 21.5 Å². The number of hydrazine groups is 1. The van der Waals surface area contributed by atoms with Crippen molar-refractivity contribution in [2.75, 3.05) is 20.2 Å². The average molecular weight is 356 g/mol. The number of carbonyl (C=O) groups excluding carboxylic acids is 2. The second-order valence-corrected chi connectivity index (χ2v) is 6.46. The fourth-order valence-electron chi connectivity index (χ4n) is 3.81. The molecule has 2 fully saturated rings. The summed E-state index contributed by atoms with van der Waals surface area (Å²) in [6.07, 6.45) is 6.57. The van der Waals surface area contributed by atoms with E-state index in [1.54, 1.807) is 0 Å². The van der Waals surface area contributed by atoms with Gasteiger partial charge in [0.05, 0.1) is 0 Å². The molecule has 4 unspecified atom stereocenters. The highest BCUT2D eigenvalue weighted by molar-refractivity contribution is 5.79. The van der Waals surface area contributed by atoms with Gasteiger partial charge in [0.1, 0.15) is 18.5 Å². The summed E-state index contributed by atoms with van der Waals surface area (Å²) in [5.41, 5.74) is 12.5. The van der Waals surface area contributed by atoms with Gasteiger partial charge in [-0.3, -0.25) is 9.59 Å². The molecule has 1 heterocycles. The number of carbonyl (C=O) groups is 2. The van der Waals surface area contributed by atoms with E-state index < -0.39 is 0 Å². The van der Waals surface area contributed by atoms with Crippen LogP contribution in [0.5, 0.6) is 0 Å². The van der Waals surface area contributed by atoms with Crippen LogP contribution in [0.3, 0.4) is 0 Å². The molecule has 25 heavy (non-hydrogen) atoms. The summed E-state index contributed by atoms with van der Waals surface area (Å²) in [4.78, 5) is 22.2. The Morgan fingerprint density at radius 2 is 2.08 bits per heavy atom. The van der Waals surface area contributed by atoms with E-state index in [4.69, 9.17) is 16.3 Å². The monoisotopic (exact) mass is 356 g/mol. The standard InChI is InChI=1S/C15H27N5O3.CH5N/c16-14(19-20-17)4-2-10-1-3-11-9-18-13(8-12(11)7-10)15(22)23-6-5-21;1-2/h5,10-13,18,20H,1-4,6-9,17H2,(H2,16,19);2H2,1H3. The van der Waals surface area contributed by atoms with Crippen molar-refractivity contribution in [2.24, 2.45) is 40.2 Å². The summed E-state index contributed by atoms with van der Waals surface area (Å²) in [5, 5.41) is 7.03. The molecule has 0 aromatic rings. The number of hydrogen-bond acceptors (Lipinski definition) is 8. The number of hydrazone groups is 1. The molecule has 0 radical (unpaired) electrons. The van der Waals surface area contributed by atoms with Crippen molar-refractivity contribution in [1.82, 2.24) is 10.9 Å². The zero-order valence-corrected chi connectivity index (χ0v) is 14.9. The second kappa shape index (κ2) is 11.8. The molecule has 8 N–H and O–H groups in total. The number of nitrogens with zero attached hydrogens (tertiary/aromatic N) is 1. The molecular weight excluding hydrogens is 324 g/mol. The van der Waals surface area contributed by atoms with Gasteiger partial charge in [0.25, 0.3) is 0 Å². The lowest BCUT2D eigenvalue weighted by Gasteiger charge is -2.42. The van der Waals surface area contributed by atoms with Gasteiger partial charge in [-0.15, -0.1) is 0 Å². The molecule has 0 aromatic carbocycles. The Bertz CT molecular complexity index is 446. The van der Waals surface area contributed by atoms with Crippen molar-refractivity contribution >= 4 is 18.1 Å². The number of rotatable bonds is 7. The lowest BCUT2D eigenvalue weighted by molar-refractivity contribution is -0.149. The zero-order chi connectivity index (χ0) is 18.7. The molecule has 4 atom stereocenters. The van der Waals surface area contributed by atoms with Gasteiger partial charge in [-0.25, -0.2) is 11.4 Å². The van der Waals surface area contributed by atoms with E-state index in [-0.39, 0.29) is 18.6 Å². The van der Waals surface area contributed by atoms with Crippen LogP contribution < -0.4 is 28.2 Å². The lowest BCUT2D eigenvalue weighted by atomic mass is 9.69. The fraction of sp³-hybridized carbons (Fsp3) is 0.812. The average Bonchev–Trinajstić information content (AvgIpc) is 2.65. The number of fused-ring (bicyclic) bond motifs is 1. The summed E-state index contributed by atoms with van der Waals surface area (Å²) in [6.45, 7) is 0.681. The molecule has 0 aromatic heterocycles. The molecular formula is C16H32N6O3. The lowest BCUT2D eigenvalue weighted by Crippen LogP contribution is -2.50. The third-order valence-electron chi connectivity index (χ3n) is 5.01. The Morgan fingerprint density at radius 3 is 2.76 bits per heavy atom. The maximum absolute atomic E-state index is 11.9. The van der Waals surface area contributed by atoms with Crippen molar-refractivity contribution in [2.45, 2.75) is 44.6 Å². The highest BCUT2D eigenvalue weighted by Gasteiger charge is 2.38. The third-order valence-corrected chi connectivity index (χ3v) is 5.01. The molecule has 1 saturated carbocycles. The van der Waals surface area contributed by atoms with Crippen LogP contribution in [-0.4, -0.2) is 44.3 Å². The van der Waals surface area contributed by atoms with Crippen LogP contribution in [0, 0.1) is 17.8 Å². The van der Waals surface area contributed by atoms with Crippen LogP contribution in [-0.2, 0) is 14.3 Å². The van der Waals surface area contributed by atoms with Crippen LogP contribution in [0.4, 0.5) is 0 Å². The summed E-state index contributed by atoms with van der Waals surface area (Å²) >= 11 is 0. The summed E-state index contributed by atoms with van der Waals surface area (Å²) in [5.74, 6) is 7.07. The van der Waals surface area contributed by atoms with Crippen molar-refractivity contribution in [3.63, 3.8) is 0 Å². The van der Waals surface area contributed by atoms with E-state index >= 15 is 0 Å². The first-order chi connectivity index (χ1) is 12.1. The Hall–Kier alpha value is -1.71. The van der Waals surface area contributed by atoms with E-state index in [0.29, 0.717) is 29.9 Å². The van der Waals surface area contributed by atoms with E-state index in [1.165, 1.54) is 19.9 Å². The first-order valence-corrected chi connectivity index (χ1v) is 8.83. The predicted molar refractivity (Wildman–Crippen MR) is 96.0 cm³/mol. The van der Waals surface area contributed by atoms with Crippen molar-refractivity contribution in [3.8, 4) is 0 Å². The van der Waals surface area contributed by atoms with E-state index in [0.717, 1.165) is 32.2 Å². The summed E-state index contributed by atoms with van der Waals surface area (Å²) < 4.78 is 4.92. The normalized spacial score (nSPS) is 28.8. The number of piperidine rings is 1.